The molecule has 0 bridgehead atoms. The molecule has 3 rings (SSSR count). The normalized spacial score (nSPS) is 11.8. The Morgan fingerprint density at radius 1 is 0.686 bits per heavy atom. The minimum Gasteiger partial charge on any atom is -0.508 e. The Kier molecular flexibility index (Phi) is 27.5. The first-order valence-corrected chi connectivity index (χ1v) is 17.4. The summed E-state index contributed by atoms with van der Waals surface area (Å²) in [6, 6.07) is 23.4. The summed E-state index contributed by atoms with van der Waals surface area (Å²) < 4.78 is 16.2. The highest BCUT2D eigenvalue weighted by atomic mass is 16.7. The first-order valence-electron chi connectivity index (χ1n) is 17.4. The van der Waals surface area contributed by atoms with Crippen LogP contribution < -0.4 is 4.74 Å². The Balaban J connectivity index is 0. The number of hydrogen-bond donors (Lipinski definition) is 2. The van der Waals surface area contributed by atoms with E-state index in [9.17, 15) is 5.11 Å². The zero-order chi connectivity index (χ0) is 37.9. The predicted molar refractivity (Wildman–Crippen MR) is 217 cm³/mol. The van der Waals surface area contributed by atoms with Crippen molar-refractivity contribution in [1.29, 1.82) is 0 Å². The van der Waals surface area contributed by atoms with Crippen LogP contribution in [0.1, 0.15) is 130 Å². The van der Waals surface area contributed by atoms with Crippen LogP contribution in [-0.4, -0.2) is 28.7 Å². The summed E-state index contributed by atoms with van der Waals surface area (Å²) in [5.41, 5.74) is 3.90. The first-order chi connectivity index (χ1) is 23.8. The number of terminal acetylenes is 1. The molecule has 3 aromatic carbocycles. The van der Waals surface area contributed by atoms with Crippen molar-refractivity contribution >= 4 is 0 Å². The number of rotatable bonds is 13. The highest BCUT2D eigenvalue weighted by Crippen LogP contribution is 2.33. The smallest absolute Gasteiger partial charge is 0.197 e. The fourth-order valence-corrected chi connectivity index (χ4v) is 4.69. The summed E-state index contributed by atoms with van der Waals surface area (Å²) in [4.78, 5) is 0. The molecule has 5 nitrogen and oxygen atoms in total. The molecule has 0 saturated carbocycles. The predicted octanol–water partition coefficient (Wildman–Crippen LogP) is 12.0. The van der Waals surface area contributed by atoms with Crippen molar-refractivity contribution in [3.63, 3.8) is 0 Å². The molecule has 0 aliphatic carbocycles. The highest BCUT2D eigenvalue weighted by molar-refractivity contribution is 5.33. The number of phenolic OH excluding ortho intramolecular Hbond substituents is 2. The molecule has 0 fully saturated rings. The first kappa shape index (κ1) is 48.4. The monoisotopic (exact) mass is 696 g/mol. The summed E-state index contributed by atoms with van der Waals surface area (Å²) in [6.45, 7) is 23.8. The third kappa shape index (κ3) is 23.3. The van der Waals surface area contributed by atoms with Gasteiger partial charge in [0, 0.05) is 0 Å². The van der Waals surface area contributed by atoms with Gasteiger partial charge in [-0.15, -0.1) is 6.42 Å². The summed E-state index contributed by atoms with van der Waals surface area (Å²) in [7, 11) is 0. The van der Waals surface area contributed by atoms with Gasteiger partial charge in [-0.05, 0) is 155 Å². The van der Waals surface area contributed by atoms with Crippen LogP contribution in [0.15, 0.2) is 85.6 Å². The quantitative estimate of drug-likeness (QED) is 0.106. The number of hydrogen-bond acceptors (Lipinski definition) is 5. The average molecular weight is 697 g/mol. The van der Waals surface area contributed by atoms with Crippen molar-refractivity contribution in [3.8, 4) is 53.3 Å². The van der Waals surface area contributed by atoms with Crippen LogP contribution >= 0.6 is 0 Å². The fraction of sp³-hybridized carbons (Fsp3) is 0.435. The van der Waals surface area contributed by atoms with Crippen molar-refractivity contribution in [2.75, 3.05) is 0 Å². The second kappa shape index (κ2) is 29.0. The van der Waals surface area contributed by atoms with Crippen molar-refractivity contribution in [1.82, 2.24) is 0 Å². The fourth-order valence-electron chi connectivity index (χ4n) is 4.69. The van der Waals surface area contributed by atoms with E-state index >= 15 is 0 Å². The Hall–Kier alpha value is -4.76. The molecule has 0 radical (unpaired) electrons. The van der Waals surface area contributed by atoms with Gasteiger partial charge in [0.25, 0.3) is 0 Å². The maximum absolute atomic E-state index is 9.49. The van der Waals surface area contributed by atoms with Crippen LogP contribution in [0.2, 0.25) is 0 Å². The summed E-state index contributed by atoms with van der Waals surface area (Å²) in [5.74, 6) is 15.0. The molecule has 0 spiro atoms. The second-order valence-corrected chi connectivity index (χ2v) is 12.3. The van der Waals surface area contributed by atoms with Crippen molar-refractivity contribution in [3.05, 3.63) is 102 Å². The van der Waals surface area contributed by atoms with Gasteiger partial charge in [-0.3, -0.25) is 0 Å². The van der Waals surface area contributed by atoms with E-state index in [0.717, 1.165) is 25.0 Å². The standard InChI is InChI=1S/C23H32O3.C10H14O.C7H4.C5H10O.CH4/c1-6-19(21-7-11-22(24)12-8-21)15-17(4)20-9-13-23(14-10-20)26-18(5)25-16(2)3;1-3-8(2)9-4-6-10(11)7-5-9;1-3-5-7-6-4-2;1-4-6-5(2)3;/h7-14,16-19,24H,6,15H2,1-5H3;4-8,11H,3H2,1-2H3;1H,2H3;4-5H,1H2,2-3H3;1H4. The second-order valence-electron chi connectivity index (χ2n) is 12.3. The molecule has 0 aromatic heterocycles. The lowest BCUT2D eigenvalue weighted by atomic mass is 9.84. The molecule has 0 amide bonds. The third-order valence-electron chi connectivity index (χ3n) is 7.48. The van der Waals surface area contributed by atoms with Crippen LogP contribution in [0.5, 0.6) is 17.2 Å². The van der Waals surface area contributed by atoms with E-state index < -0.39 is 0 Å². The molecule has 0 saturated heterocycles. The summed E-state index contributed by atoms with van der Waals surface area (Å²) in [5, 5.41) is 18.5. The largest absolute Gasteiger partial charge is 0.508 e. The van der Waals surface area contributed by atoms with Crippen molar-refractivity contribution in [2.45, 2.75) is 132 Å². The van der Waals surface area contributed by atoms with Gasteiger partial charge in [0.05, 0.1) is 18.5 Å². The number of phenols is 2. The van der Waals surface area contributed by atoms with E-state index in [0.29, 0.717) is 29.3 Å². The molecular weight excluding hydrogens is 633 g/mol. The van der Waals surface area contributed by atoms with Gasteiger partial charge >= 0.3 is 0 Å². The van der Waals surface area contributed by atoms with Crippen LogP contribution in [-0.2, 0) is 9.47 Å². The lowest BCUT2D eigenvalue weighted by Gasteiger charge is -2.21. The molecule has 3 aromatic rings. The Morgan fingerprint density at radius 3 is 1.57 bits per heavy atom. The van der Waals surface area contributed by atoms with Crippen molar-refractivity contribution < 1.29 is 24.4 Å². The number of benzene rings is 3. The van der Waals surface area contributed by atoms with Gasteiger partial charge in [0.1, 0.15) is 17.2 Å². The van der Waals surface area contributed by atoms with E-state index in [-0.39, 0.29) is 25.9 Å². The average Bonchev–Trinajstić information content (AvgIpc) is 3.08. The van der Waals surface area contributed by atoms with Crippen LogP contribution in [0.25, 0.3) is 0 Å². The molecule has 4 unspecified atom stereocenters. The number of aromatic hydroxyl groups is 2. The van der Waals surface area contributed by atoms with Crippen molar-refractivity contribution in [2.24, 2.45) is 0 Å². The molecule has 5 heteroatoms. The maximum atomic E-state index is 9.49. The van der Waals surface area contributed by atoms with E-state index in [4.69, 9.17) is 25.7 Å². The Bertz CT molecular complexity index is 1470. The minimum absolute atomic E-state index is 0. The summed E-state index contributed by atoms with van der Waals surface area (Å²) >= 11 is 0. The van der Waals surface area contributed by atoms with Gasteiger partial charge < -0.3 is 24.4 Å². The van der Waals surface area contributed by atoms with E-state index in [1.807, 2.05) is 71.0 Å². The molecule has 2 N–H and O–H groups in total. The van der Waals surface area contributed by atoms with Gasteiger partial charge in [-0.2, -0.15) is 0 Å². The van der Waals surface area contributed by atoms with Gasteiger partial charge in [-0.1, -0.05) is 84.0 Å². The molecule has 278 valence electrons. The Morgan fingerprint density at radius 2 is 1.18 bits per heavy atom. The number of ether oxygens (including phenoxy) is 3. The zero-order valence-electron chi connectivity index (χ0n) is 32.0. The summed E-state index contributed by atoms with van der Waals surface area (Å²) in [6.07, 6.45) is 9.71. The lowest BCUT2D eigenvalue weighted by molar-refractivity contribution is -0.0950. The molecule has 0 heterocycles. The van der Waals surface area contributed by atoms with Gasteiger partial charge in [0.15, 0.2) is 6.29 Å². The third-order valence-corrected chi connectivity index (χ3v) is 7.48. The SMILES string of the molecule is C.C#CC#CC#CC.C=COC(C)C.CCC(C)c1ccc(O)cc1.CCC(CC(C)c1ccc(OC(C)OC(C)C)cc1)c1ccc(O)cc1. The van der Waals surface area contributed by atoms with Crippen LogP contribution in [0.3, 0.4) is 0 Å². The minimum atomic E-state index is -0.253. The highest BCUT2D eigenvalue weighted by Gasteiger charge is 2.16. The van der Waals surface area contributed by atoms with E-state index in [1.54, 1.807) is 31.2 Å². The Labute approximate surface area is 311 Å². The van der Waals surface area contributed by atoms with Gasteiger partial charge in [-0.25, -0.2) is 0 Å². The molecule has 51 heavy (non-hydrogen) atoms. The zero-order valence-corrected chi connectivity index (χ0v) is 32.0. The van der Waals surface area contributed by atoms with Crippen LogP contribution in [0, 0.1) is 36.0 Å². The topological polar surface area (TPSA) is 68.2 Å². The molecule has 0 aliphatic heterocycles. The van der Waals surface area contributed by atoms with E-state index in [1.165, 1.54) is 23.0 Å². The molecular formula is C46H64O5. The molecule has 0 aliphatic rings. The maximum Gasteiger partial charge on any atom is 0.197 e. The van der Waals surface area contributed by atoms with Gasteiger partial charge in [0.2, 0.25) is 0 Å². The van der Waals surface area contributed by atoms with E-state index in [2.05, 4.69) is 76.0 Å². The molecule has 4 atom stereocenters. The van der Waals surface area contributed by atoms with Crippen LogP contribution in [0.4, 0.5) is 0 Å². The lowest BCUT2D eigenvalue weighted by Crippen LogP contribution is -2.20.